The van der Waals surface area contributed by atoms with E-state index in [2.05, 4.69) is 20.9 Å². The minimum absolute atomic E-state index is 0.0178. The Labute approximate surface area is 180 Å². The molecular weight excluding hydrogens is 462 g/mol. The summed E-state index contributed by atoms with van der Waals surface area (Å²) in [6.45, 7) is -0.363. The third-order valence-electron chi connectivity index (χ3n) is 3.70. The number of anilines is 1. The Balaban J connectivity index is 2.25. The maximum Gasteiger partial charge on any atom is 0.417 e. The van der Waals surface area contributed by atoms with Crippen molar-refractivity contribution < 1.29 is 30.8 Å². The van der Waals surface area contributed by atoms with Crippen LogP contribution in [-0.2, 0) is 27.5 Å². The zero-order valence-electron chi connectivity index (χ0n) is 15.7. The molecule has 0 saturated heterocycles. The van der Waals surface area contributed by atoms with Crippen LogP contribution in [0.15, 0.2) is 30.5 Å². The minimum atomic E-state index is -4.72. The molecule has 164 valence electrons. The second-order valence-electron chi connectivity index (χ2n) is 6.15. The van der Waals surface area contributed by atoms with E-state index in [0.717, 1.165) is 36.7 Å². The number of carbonyl (C=O) groups excluding carboxylic acids is 1. The predicted octanol–water partition coefficient (Wildman–Crippen LogP) is 3.58. The average Bonchev–Trinajstić information content (AvgIpc) is 2.65. The zero-order valence-corrected chi connectivity index (χ0v) is 17.3. The molecule has 1 heterocycles. The van der Waals surface area contributed by atoms with Crippen molar-refractivity contribution in [1.29, 1.82) is 0 Å². The van der Waals surface area contributed by atoms with Gasteiger partial charge in [0, 0.05) is 24.4 Å². The van der Waals surface area contributed by atoms with E-state index in [9.17, 15) is 30.8 Å². The molecule has 0 atom stereocenters. The Kier molecular flexibility index (Phi) is 7.30. The number of rotatable bonds is 6. The maximum absolute atomic E-state index is 13.8. The van der Waals surface area contributed by atoms with Gasteiger partial charge in [-0.3, -0.25) is 9.52 Å². The first kappa shape index (κ1) is 24.2. The van der Waals surface area contributed by atoms with Gasteiger partial charge in [-0.1, -0.05) is 17.5 Å². The van der Waals surface area contributed by atoms with Gasteiger partial charge >= 0.3 is 6.18 Å². The Morgan fingerprint density at radius 1 is 1.32 bits per heavy atom. The molecule has 0 fully saturated rings. The average molecular weight is 476 g/mol. The van der Waals surface area contributed by atoms with Gasteiger partial charge in [-0.2, -0.15) is 13.2 Å². The Bertz CT molecular complexity index is 1190. The number of carbonyl (C=O) groups is 1. The van der Waals surface area contributed by atoms with Crippen LogP contribution in [0.2, 0.25) is 5.15 Å². The van der Waals surface area contributed by atoms with Crippen molar-refractivity contribution in [1.82, 2.24) is 10.3 Å². The Hall–Kier alpha value is -3.10. The predicted molar refractivity (Wildman–Crippen MR) is 108 cm³/mol. The molecule has 31 heavy (non-hydrogen) atoms. The highest BCUT2D eigenvalue weighted by atomic mass is 35.5. The highest BCUT2D eigenvalue weighted by Crippen LogP contribution is 2.33. The van der Waals surface area contributed by atoms with Crippen LogP contribution in [-0.4, -0.2) is 25.6 Å². The van der Waals surface area contributed by atoms with Gasteiger partial charge in [0.05, 0.1) is 23.1 Å². The van der Waals surface area contributed by atoms with Crippen LogP contribution in [0.3, 0.4) is 0 Å². The summed E-state index contributed by atoms with van der Waals surface area (Å²) < 4.78 is 78.3. The summed E-state index contributed by atoms with van der Waals surface area (Å²) in [6, 6.07) is 2.52. The topological polar surface area (TPSA) is 88.2 Å². The van der Waals surface area contributed by atoms with Crippen molar-refractivity contribution in [2.75, 3.05) is 11.0 Å². The van der Waals surface area contributed by atoms with Crippen LogP contribution in [0, 0.1) is 18.2 Å². The smallest absolute Gasteiger partial charge is 0.348 e. The van der Waals surface area contributed by atoms with Crippen LogP contribution < -0.4 is 10.0 Å². The number of alkyl halides is 3. The van der Waals surface area contributed by atoms with Crippen LogP contribution in [0.1, 0.15) is 22.3 Å². The summed E-state index contributed by atoms with van der Waals surface area (Å²) in [5, 5.41) is 1.95. The van der Waals surface area contributed by atoms with Crippen LogP contribution >= 0.6 is 11.6 Å². The van der Waals surface area contributed by atoms with Crippen LogP contribution in [0.25, 0.3) is 6.08 Å². The van der Waals surface area contributed by atoms with Crippen molar-refractivity contribution in [3.63, 3.8) is 0 Å². The molecule has 12 heteroatoms. The first-order chi connectivity index (χ1) is 14.3. The van der Waals surface area contributed by atoms with E-state index in [1.807, 2.05) is 0 Å². The van der Waals surface area contributed by atoms with Crippen molar-refractivity contribution in [3.8, 4) is 12.3 Å². The number of aromatic nitrogens is 1. The number of amides is 1. The first-order valence-corrected chi connectivity index (χ1v) is 10.5. The van der Waals surface area contributed by atoms with Crippen molar-refractivity contribution in [2.45, 2.75) is 12.7 Å². The largest absolute Gasteiger partial charge is 0.417 e. The number of halogens is 5. The molecular formula is C19H14ClF4N3O3S. The van der Waals surface area contributed by atoms with Gasteiger partial charge in [0.2, 0.25) is 15.9 Å². The summed E-state index contributed by atoms with van der Waals surface area (Å²) in [4.78, 5) is 15.6. The van der Waals surface area contributed by atoms with Crippen molar-refractivity contribution in [2.24, 2.45) is 0 Å². The summed E-state index contributed by atoms with van der Waals surface area (Å²) >= 11 is 5.49. The molecule has 1 amide bonds. The number of hydrogen-bond acceptors (Lipinski definition) is 4. The fourth-order valence-corrected chi connectivity index (χ4v) is 3.22. The van der Waals surface area contributed by atoms with Gasteiger partial charge in [0.15, 0.2) is 0 Å². The molecule has 2 rings (SSSR count). The number of nitrogens with zero attached hydrogens (tertiary/aromatic N) is 1. The van der Waals surface area contributed by atoms with E-state index in [0.29, 0.717) is 6.07 Å². The number of nitrogens with one attached hydrogen (secondary N) is 2. The molecule has 2 N–H and O–H groups in total. The van der Waals surface area contributed by atoms with Gasteiger partial charge < -0.3 is 5.32 Å². The van der Waals surface area contributed by atoms with Crippen LogP contribution in [0.5, 0.6) is 0 Å². The number of sulfonamides is 1. The Morgan fingerprint density at radius 3 is 2.58 bits per heavy atom. The monoisotopic (exact) mass is 475 g/mol. The molecule has 0 aliphatic rings. The van der Waals surface area contributed by atoms with E-state index in [1.54, 1.807) is 0 Å². The lowest BCUT2D eigenvalue weighted by molar-refractivity contribution is -0.137. The van der Waals surface area contributed by atoms with Crippen molar-refractivity contribution in [3.05, 3.63) is 63.7 Å². The normalized spacial score (nSPS) is 11.9. The van der Waals surface area contributed by atoms with Crippen molar-refractivity contribution >= 4 is 39.3 Å². The lowest BCUT2D eigenvalue weighted by Crippen LogP contribution is -2.22. The second kappa shape index (κ2) is 9.36. The Morgan fingerprint density at radius 2 is 2.00 bits per heavy atom. The third-order valence-corrected chi connectivity index (χ3v) is 4.48. The van der Waals surface area contributed by atoms with E-state index in [1.165, 1.54) is 0 Å². The fourth-order valence-electron chi connectivity index (χ4n) is 2.45. The summed E-state index contributed by atoms with van der Waals surface area (Å²) in [6.07, 6.45) is 3.97. The van der Waals surface area contributed by atoms with Gasteiger partial charge in [-0.05, 0) is 29.8 Å². The molecule has 0 bridgehead atoms. The molecule has 0 unspecified atom stereocenters. The summed E-state index contributed by atoms with van der Waals surface area (Å²) in [5.74, 6) is 0.538. The molecule has 2 aromatic rings. The number of terminal acetylenes is 1. The molecule has 1 aromatic heterocycles. The molecule has 0 aliphatic carbocycles. The SMILES string of the molecule is C#Cc1cc(F)cc(CNC(=O)C=Cc2cnc(Cl)cc2C(F)(F)F)c1NS(C)(=O)=O. The lowest BCUT2D eigenvalue weighted by atomic mass is 10.1. The van der Waals surface area contributed by atoms with Gasteiger partial charge in [-0.15, -0.1) is 6.42 Å². The number of pyridine rings is 1. The quantitative estimate of drug-likeness (QED) is 0.289. The maximum atomic E-state index is 13.8. The first-order valence-electron chi connectivity index (χ1n) is 8.25. The molecule has 1 aromatic carbocycles. The number of benzene rings is 1. The lowest BCUT2D eigenvalue weighted by Gasteiger charge is -2.14. The third kappa shape index (κ3) is 6.97. The van der Waals surface area contributed by atoms with E-state index < -0.39 is 39.1 Å². The standard InChI is InChI=1S/C19H14ClF4N3O3S/c1-3-11-6-14(21)7-13(18(11)27-31(2,29)30)10-26-17(28)5-4-12-9-25-16(20)8-15(12)19(22,23)24/h1,4-9,27H,10H2,2H3,(H,26,28). The summed E-state index contributed by atoms with van der Waals surface area (Å²) in [5.41, 5.74) is -1.65. The van der Waals surface area contributed by atoms with Gasteiger partial charge in [0.1, 0.15) is 11.0 Å². The highest BCUT2D eigenvalue weighted by Gasteiger charge is 2.33. The second-order valence-corrected chi connectivity index (χ2v) is 8.28. The van der Waals surface area contributed by atoms with Gasteiger partial charge in [-0.25, -0.2) is 17.8 Å². The fraction of sp³-hybridized carbons (Fsp3) is 0.158. The van der Waals surface area contributed by atoms with E-state index in [-0.39, 0.29) is 28.5 Å². The summed E-state index contributed by atoms with van der Waals surface area (Å²) in [7, 11) is -3.77. The minimum Gasteiger partial charge on any atom is -0.348 e. The highest BCUT2D eigenvalue weighted by molar-refractivity contribution is 7.92. The molecule has 6 nitrogen and oxygen atoms in total. The molecule has 0 radical (unpaired) electrons. The van der Waals surface area contributed by atoms with E-state index >= 15 is 0 Å². The zero-order chi connectivity index (χ0) is 23.4. The molecule has 0 spiro atoms. The van der Waals surface area contributed by atoms with E-state index in [4.69, 9.17) is 18.0 Å². The van der Waals surface area contributed by atoms with Gasteiger partial charge in [0.25, 0.3) is 0 Å². The number of hydrogen-bond donors (Lipinski definition) is 2. The molecule has 0 saturated carbocycles. The van der Waals surface area contributed by atoms with Crippen LogP contribution in [0.4, 0.5) is 23.2 Å². The molecule has 0 aliphatic heterocycles.